The summed E-state index contributed by atoms with van der Waals surface area (Å²) in [5.74, 6) is 1.39. The van der Waals surface area contributed by atoms with Gasteiger partial charge in [-0.25, -0.2) is 4.98 Å². The molecule has 1 atom stereocenters. The van der Waals surface area contributed by atoms with Gasteiger partial charge >= 0.3 is 0 Å². The van der Waals surface area contributed by atoms with Crippen molar-refractivity contribution in [3.8, 4) is 6.07 Å². The molecule has 1 aromatic heterocycles. The number of rotatable bonds is 5. The highest BCUT2D eigenvalue weighted by Gasteiger charge is 2.14. The highest BCUT2D eigenvalue weighted by Crippen LogP contribution is 2.11. The molecule has 96 valence electrons. The summed E-state index contributed by atoms with van der Waals surface area (Å²) in [7, 11) is 0. The minimum Gasteiger partial charge on any atom is -0.370 e. The zero-order chi connectivity index (χ0) is 12.8. The Labute approximate surface area is 109 Å². The molecule has 0 amide bonds. The highest BCUT2D eigenvalue weighted by atomic mass is 15.1. The van der Waals surface area contributed by atoms with Crippen molar-refractivity contribution in [1.29, 1.82) is 5.26 Å². The molecule has 1 aliphatic heterocycles. The molecule has 1 unspecified atom stereocenters. The highest BCUT2D eigenvalue weighted by molar-refractivity contribution is 5.42. The molecular weight excluding hydrogens is 224 g/mol. The van der Waals surface area contributed by atoms with Crippen LogP contribution < -0.4 is 5.32 Å². The van der Waals surface area contributed by atoms with E-state index in [2.05, 4.69) is 28.2 Å². The fraction of sp³-hybridized carbons (Fsp3) is 0.571. The van der Waals surface area contributed by atoms with Gasteiger partial charge in [-0.2, -0.15) is 5.26 Å². The van der Waals surface area contributed by atoms with Crippen molar-refractivity contribution in [2.24, 2.45) is 5.92 Å². The molecule has 1 N–H and O–H groups in total. The van der Waals surface area contributed by atoms with Gasteiger partial charge in [-0.1, -0.05) is 6.92 Å². The number of hydrogen-bond donors (Lipinski definition) is 1. The molecule has 1 fully saturated rings. The lowest BCUT2D eigenvalue weighted by Crippen LogP contribution is -2.29. The lowest BCUT2D eigenvalue weighted by Gasteiger charge is -2.20. The summed E-state index contributed by atoms with van der Waals surface area (Å²) in [6, 6.07) is 5.64. The number of likely N-dealkylation sites (tertiary alicyclic amines) is 1. The monoisotopic (exact) mass is 244 g/mol. The van der Waals surface area contributed by atoms with Crippen LogP contribution in [0, 0.1) is 17.2 Å². The van der Waals surface area contributed by atoms with Crippen LogP contribution in [0.15, 0.2) is 18.3 Å². The lowest BCUT2D eigenvalue weighted by molar-refractivity contribution is 0.294. The maximum Gasteiger partial charge on any atom is 0.127 e. The zero-order valence-corrected chi connectivity index (χ0v) is 10.9. The Morgan fingerprint density at radius 1 is 1.50 bits per heavy atom. The third kappa shape index (κ3) is 3.71. The number of aromatic nitrogens is 1. The first-order chi connectivity index (χ1) is 8.78. The van der Waals surface area contributed by atoms with Crippen LogP contribution in [0.4, 0.5) is 5.82 Å². The van der Waals surface area contributed by atoms with E-state index in [9.17, 15) is 0 Å². The van der Waals surface area contributed by atoms with E-state index < -0.39 is 0 Å². The smallest absolute Gasteiger partial charge is 0.127 e. The summed E-state index contributed by atoms with van der Waals surface area (Å²) in [6.45, 7) is 6.78. The standard InChI is InChI=1S/C14H20N4/c1-12(11-18-6-2-3-7-18)10-17-14-8-13(9-15)4-5-16-14/h4-5,8,12H,2-3,6-7,10-11H2,1H3,(H,16,17). The van der Waals surface area contributed by atoms with Crippen molar-refractivity contribution in [2.45, 2.75) is 19.8 Å². The van der Waals surface area contributed by atoms with Crippen LogP contribution in [0.1, 0.15) is 25.3 Å². The first-order valence-corrected chi connectivity index (χ1v) is 6.60. The fourth-order valence-corrected chi connectivity index (χ4v) is 2.35. The minimum absolute atomic E-state index is 0.593. The molecular formula is C14H20N4. The summed E-state index contributed by atoms with van der Waals surface area (Å²) in [5, 5.41) is 12.1. The summed E-state index contributed by atoms with van der Waals surface area (Å²) in [6.07, 6.45) is 4.35. The molecule has 2 rings (SSSR count). The van der Waals surface area contributed by atoms with E-state index in [1.165, 1.54) is 25.9 Å². The van der Waals surface area contributed by atoms with E-state index >= 15 is 0 Å². The van der Waals surface area contributed by atoms with Crippen LogP contribution in [-0.4, -0.2) is 36.1 Å². The summed E-state index contributed by atoms with van der Waals surface area (Å²) < 4.78 is 0. The van der Waals surface area contributed by atoms with Crippen molar-refractivity contribution in [3.63, 3.8) is 0 Å². The van der Waals surface area contributed by atoms with Crippen molar-refractivity contribution >= 4 is 5.82 Å². The molecule has 0 spiro atoms. The molecule has 4 heteroatoms. The fourth-order valence-electron chi connectivity index (χ4n) is 2.35. The third-order valence-electron chi connectivity index (χ3n) is 3.29. The van der Waals surface area contributed by atoms with Gasteiger partial charge < -0.3 is 10.2 Å². The number of anilines is 1. The van der Waals surface area contributed by atoms with Gasteiger partial charge in [0.1, 0.15) is 5.82 Å². The van der Waals surface area contributed by atoms with Gasteiger partial charge in [0.15, 0.2) is 0 Å². The van der Waals surface area contributed by atoms with E-state index in [0.717, 1.165) is 18.9 Å². The summed E-state index contributed by atoms with van der Waals surface area (Å²) >= 11 is 0. The van der Waals surface area contributed by atoms with E-state index in [4.69, 9.17) is 5.26 Å². The van der Waals surface area contributed by atoms with Gasteiger partial charge in [-0.15, -0.1) is 0 Å². The predicted molar refractivity (Wildman–Crippen MR) is 72.3 cm³/mol. The average molecular weight is 244 g/mol. The van der Waals surface area contributed by atoms with Crippen LogP contribution in [0.3, 0.4) is 0 Å². The second-order valence-corrected chi connectivity index (χ2v) is 5.04. The Morgan fingerprint density at radius 2 is 2.28 bits per heavy atom. The van der Waals surface area contributed by atoms with Gasteiger partial charge in [0.05, 0.1) is 11.6 Å². The van der Waals surface area contributed by atoms with E-state index in [0.29, 0.717) is 11.5 Å². The van der Waals surface area contributed by atoms with Crippen LogP contribution in [0.25, 0.3) is 0 Å². The summed E-state index contributed by atoms with van der Waals surface area (Å²) in [4.78, 5) is 6.73. The average Bonchev–Trinajstić information content (AvgIpc) is 2.89. The van der Waals surface area contributed by atoms with Crippen molar-refractivity contribution in [2.75, 3.05) is 31.5 Å². The Hall–Kier alpha value is -1.60. The second-order valence-electron chi connectivity index (χ2n) is 5.04. The van der Waals surface area contributed by atoms with Crippen molar-refractivity contribution in [1.82, 2.24) is 9.88 Å². The molecule has 18 heavy (non-hydrogen) atoms. The molecule has 1 aliphatic rings. The molecule has 2 heterocycles. The topological polar surface area (TPSA) is 52.0 Å². The van der Waals surface area contributed by atoms with Crippen molar-refractivity contribution < 1.29 is 0 Å². The molecule has 0 radical (unpaired) electrons. The Kier molecular flexibility index (Phi) is 4.54. The first kappa shape index (κ1) is 12.8. The molecule has 1 aromatic rings. The van der Waals surface area contributed by atoms with Crippen LogP contribution in [0.2, 0.25) is 0 Å². The predicted octanol–water partition coefficient (Wildman–Crippen LogP) is 2.10. The molecule has 4 nitrogen and oxygen atoms in total. The Bertz CT molecular complexity index is 418. The maximum atomic E-state index is 8.82. The van der Waals surface area contributed by atoms with Gasteiger partial charge in [0, 0.05) is 19.3 Å². The second kappa shape index (κ2) is 6.36. The van der Waals surface area contributed by atoms with Crippen molar-refractivity contribution in [3.05, 3.63) is 23.9 Å². The zero-order valence-electron chi connectivity index (χ0n) is 10.9. The van der Waals surface area contributed by atoms with Gasteiger partial charge in [-0.3, -0.25) is 0 Å². The molecule has 0 bridgehead atoms. The minimum atomic E-state index is 0.593. The molecule has 0 aliphatic carbocycles. The van der Waals surface area contributed by atoms with E-state index in [-0.39, 0.29) is 0 Å². The van der Waals surface area contributed by atoms with Gasteiger partial charge in [-0.05, 0) is 44.0 Å². The number of nitrogens with zero attached hydrogens (tertiary/aromatic N) is 3. The van der Waals surface area contributed by atoms with E-state index in [1.54, 1.807) is 18.3 Å². The third-order valence-corrected chi connectivity index (χ3v) is 3.29. The quantitative estimate of drug-likeness (QED) is 0.861. The first-order valence-electron chi connectivity index (χ1n) is 6.60. The summed E-state index contributed by atoms with van der Waals surface area (Å²) in [5.41, 5.74) is 0.652. The largest absolute Gasteiger partial charge is 0.370 e. The van der Waals surface area contributed by atoms with Crippen LogP contribution >= 0.6 is 0 Å². The molecule has 1 saturated heterocycles. The molecule has 0 aromatic carbocycles. The van der Waals surface area contributed by atoms with Crippen LogP contribution in [0.5, 0.6) is 0 Å². The Morgan fingerprint density at radius 3 is 3.00 bits per heavy atom. The maximum absolute atomic E-state index is 8.82. The number of hydrogen-bond acceptors (Lipinski definition) is 4. The normalized spacial score (nSPS) is 17.3. The SMILES string of the molecule is CC(CNc1cc(C#N)ccn1)CN1CCCC1. The number of nitriles is 1. The van der Waals surface area contributed by atoms with Gasteiger partial charge in [0.2, 0.25) is 0 Å². The van der Waals surface area contributed by atoms with Gasteiger partial charge in [0.25, 0.3) is 0 Å². The van der Waals surface area contributed by atoms with Crippen LogP contribution in [-0.2, 0) is 0 Å². The number of pyridine rings is 1. The lowest BCUT2D eigenvalue weighted by atomic mass is 10.1. The molecule has 0 saturated carbocycles. The van der Waals surface area contributed by atoms with E-state index in [1.807, 2.05) is 0 Å². The number of nitrogens with one attached hydrogen (secondary N) is 1. The Balaban J connectivity index is 1.77.